The van der Waals surface area contributed by atoms with Crippen molar-refractivity contribution in [1.82, 2.24) is 0 Å². The first-order valence-corrected chi connectivity index (χ1v) is 7.28. The van der Waals surface area contributed by atoms with E-state index < -0.39 is 10.4 Å². The van der Waals surface area contributed by atoms with Gasteiger partial charge in [-0.2, -0.15) is 0 Å². The summed E-state index contributed by atoms with van der Waals surface area (Å²) in [5, 5.41) is 0. The largest absolute Gasteiger partial charge is 0.500 e. The van der Waals surface area contributed by atoms with Crippen LogP contribution in [0.2, 0.25) is 0 Å². The van der Waals surface area contributed by atoms with Crippen LogP contribution in [0.1, 0.15) is 0 Å². The van der Waals surface area contributed by atoms with Crippen molar-refractivity contribution in [2.75, 3.05) is 14.2 Å². The third kappa shape index (κ3) is 4.28. The van der Waals surface area contributed by atoms with Crippen molar-refractivity contribution >= 4 is 10.4 Å². The Balaban J connectivity index is 2.14. The molecular weight excluding hydrogens is 296 g/mol. The minimum absolute atomic E-state index is 0.0947. The van der Waals surface area contributed by atoms with Gasteiger partial charge in [-0.1, -0.05) is 12.1 Å². The molecule has 6 nitrogen and oxygen atoms in total. The maximum absolute atomic E-state index is 11.8. The van der Waals surface area contributed by atoms with Crippen molar-refractivity contribution in [2.45, 2.75) is 0 Å². The molecule has 0 radical (unpaired) electrons. The molecule has 0 spiro atoms. The number of benzene rings is 2. The molecule has 0 fully saturated rings. The fourth-order valence-corrected chi connectivity index (χ4v) is 2.27. The molecule has 112 valence electrons. The Labute approximate surface area is 123 Å². The highest BCUT2D eigenvalue weighted by Gasteiger charge is 2.16. The molecule has 0 saturated carbocycles. The van der Waals surface area contributed by atoms with Gasteiger partial charge < -0.3 is 17.8 Å². The zero-order valence-corrected chi connectivity index (χ0v) is 12.3. The fraction of sp³-hybridized carbons (Fsp3) is 0.143. The van der Waals surface area contributed by atoms with Gasteiger partial charge in [0.2, 0.25) is 0 Å². The highest BCUT2D eigenvalue weighted by atomic mass is 32.3. The van der Waals surface area contributed by atoms with Crippen molar-refractivity contribution in [2.24, 2.45) is 0 Å². The number of hydrogen-bond acceptors (Lipinski definition) is 6. The van der Waals surface area contributed by atoms with Crippen LogP contribution in [0.15, 0.2) is 48.5 Å². The zero-order valence-electron chi connectivity index (χ0n) is 11.5. The lowest BCUT2D eigenvalue weighted by molar-refractivity contribution is 0.384. The molecule has 2 rings (SSSR count). The molecule has 21 heavy (non-hydrogen) atoms. The van der Waals surface area contributed by atoms with Gasteiger partial charge in [-0.3, -0.25) is 0 Å². The average Bonchev–Trinajstić information content (AvgIpc) is 2.46. The molecule has 2 aromatic carbocycles. The SMILES string of the molecule is COc1cccc(OS(=O)(=O)Oc2cccc(OC)c2)c1. The number of ether oxygens (including phenoxy) is 2. The Morgan fingerprint density at radius 2 is 1.10 bits per heavy atom. The molecule has 0 aromatic heterocycles. The van der Waals surface area contributed by atoms with Crippen LogP contribution in [0.4, 0.5) is 0 Å². The van der Waals surface area contributed by atoms with Crippen molar-refractivity contribution in [3.63, 3.8) is 0 Å². The summed E-state index contributed by atoms with van der Waals surface area (Å²) in [6.45, 7) is 0. The van der Waals surface area contributed by atoms with Gasteiger partial charge in [0.15, 0.2) is 0 Å². The molecule has 0 saturated heterocycles. The van der Waals surface area contributed by atoms with Gasteiger partial charge in [0, 0.05) is 12.1 Å². The van der Waals surface area contributed by atoms with Crippen molar-refractivity contribution in [1.29, 1.82) is 0 Å². The standard InChI is InChI=1S/C14H14O6S/c1-17-11-5-3-7-13(9-11)19-21(15,16)20-14-8-4-6-12(10-14)18-2/h3-10H,1-2H3. The van der Waals surface area contributed by atoms with Crippen molar-refractivity contribution < 1.29 is 26.3 Å². The predicted molar refractivity (Wildman–Crippen MR) is 76.2 cm³/mol. The van der Waals surface area contributed by atoms with E-state index in [2.05, 4.69) is 0 Å². The molecule has 0 amide bonds. The molecular formula is C14H14O6S. The Bertz CT molecular complexity index is 655. The predicted octanol–water partition coefficient (Wildman–Crippen LogP) is 2.41. The summed E-state index contributed by atoms with van der Waals surface area (Å²) in [4.78, 5) is 0. The van der Waals surface area contributed by atoms with E-state index in [9.17, 15) is 8.42 Å². The second-order valence-electron chi connectivity index (χ2n) is 3.93. The van der Waals surface area contributed by atoms with Crippen molar-refractivity contribution in [3.05, 3.63) is 48.5 Å². The van der Waals surface area contributed by atoms with Gasteiger partial charge in [0.05, 0.1) is 14.2 Å². The van der Waals surface area contributed by atoms with E-state index in [1.54, 1.807) is 24.3 Å². The Morgan fingerprint density at radius 1 is 0.714 bits per heavy atom. The molecule has 0 bridgehead atoms. The maximum atomic E-state index is 11.8. The third-order valence-electron chi connectivity index (χ3n) is 2.48. The summed E-state index contributed by atoms with van der Waals surface area (Å²) >= 11 is 0. The molecule has 0 aliphatic heterocycles. The van der Waals surface area contributed by atoms with Gasteiger partial charge in [-0.15, -0.1) is 8.42 Å². The lowest BCUT2D eigenvalue weighted by Crippen LogP contribution is -2.16. The summed E-state index contributed by atoms with van der Waals surface area (Å²) in [6, 6.07) is 12.4. The molecule has 0 N–H and O–H groups in total. The van der Waals surface area contributed by atoms with Crippen LogP contribution in [-0.4, -0.2) is 22.6 Å². The second kappa shape index (κ2) is 6.36. The van der Waals surface area contributed by atoms with Crippen LogP contribution in [0.5, 0.6) is 23.0 Å². The van der Waals surface area contributed by atoms with Crippen LogP contribution in [-0.2, 0) is 10.4 Å². The Morgan fingerprint density at radius 3 is 1.48 bits per heavy atom. The normalized spacial score (nSPS) is 10.8. The molecule has 0 aliphatic carbocycles. The van der Waals surface area contributed by atoms with Crippen LogP contribution < -0.4 is 17.8 Å². The van der Waals surface area contributed by atoms with E-state index in [0.717, 1.165) is 0 Å². The molecule has 0 atom stereocenters. The minimum atomic E-state index is -4.25. The summed E-state index contributed by atoms with van der Waals surface area (Å²) in [5.74, 6) is 1.14. The summed E-state index contributed by atoms with van der Waals surface area (Å²) < 4.78 is 43.4. The van der Waals surface area contributed by atoms with Gasteiger partial charge in [-0.05, 0) is 24.3 Å². The van der Waals surface area contributed by atoms with E-state index in [4.69, 9.17) is 17.8 Å². The molecule has 2 aromatic rings. The minimum Gasteiger partial charge on any atom is -0.497 e. The van der Waals surface area contributed by atoms with Crippen LogP contribution in [0.3, 0.4) is 0 Å². The van der Waals surface area contributed by atoms with E-state index >= 15 is 0 Å². The number of rotatable bonds is 6. The Kier molecular flexibility index (Phi) is 4.54. The number of hydrogen-bond donors (Lipinski definition) is 0. The first kappa shape index (κ1) is 15.0. The van der Waals surface area contributed by atoms with E-state index in [1.807, 2.05) is 0 Å². The molecule has 7 heteroatoms. The first-order chi connectivity index (χ1) is 10.0. The van der Waals surface area contributed by atoms with Gasteiger partial charge in [0.1, 0.15) is 23.0 Å². The second-order valence-corrected chi connectivity index (χ2v) is 5.08. The average molecular weight is 310 g/mol. The van der Waals surface area contributed by atoms with E-state index in [0.29, 0.717) is 11.5 Å². The lowest BCUT2D eigenvalue weighted by Gasteiger charge is -2.09. The molecule has 0 aliphatic rings. The monoisotopic (exact) mass is 310 g/mol. The molecule has 0 heterocycles. The zero-order chi connectivity index (χ0) is 15.3. The smallest absolute Gasteiger partial charge is 0.497 e. The summed E-state index contributed by atoms with van der Waals surface area (Å²) in [5.41, 5.74) is 0. The topological polar surface area (TPSA) is 71.1 Å². The Hall–Kier alpha value is -2.41. The van der Waals surface area contributed by atoms with E-state index in [1.165, 1.54) is 38.5 Å². The fourth-order valence-electron chi connectivity index (χ4n) is 1.56. The van der Waals surface area contributed by atoms with Gasteiger partial charge in [-0.25, -0.2) is 0 Å². The summed E-state index contributed by atoms with van der Waals surface area (Å²) in [6.07, 6.45) is 0. The lowest BCUT2D eigenvalue weighted by atomic mass is 10.3. The highest BCUT2D eigenvalue weighted by molar-refractivity contribution is 7.82. The van der Waals surface area contributed by atoms with E-state index in [-0.39, 0.29) is 11.5 Å². The highest BCUT2D eigenvalue weighted by Crippen LogP contribution is 2.23. The van der Waals surface area contributed by atoms with Crippen molar-refractivity contribution in [3.8, 4) is 23.0 Å². The van der Waals surface area contributed by atoms with Gasteiger partial charge >= 0.3 is 10.4 Å². The van der Waals surface area contributed by atoms with Crippen LogP contribution >= 0.6 is 0 Å². The first-order valence-electron chi connectivity index (χ1n) is 5.94. The number of methoxy groups -OCH3 is 2. The third-order valence-corrected chi connectivity index (χ3v) is 3.27. The maximum Gasteiger partial charge on any atom is 0.500 e. The van der Waals surface area contributed by atoms with Crippen LogP contribution in [0, 0.1) is 0 Å². The van der Waals surface area contributed by atoms with Crippen LogP contribution in [0.25, 0.3) is 0 Å². The quantitative estimate of drug-likeness (QED) is 0.816. The summed E-state index contributed by atoms with van der Waals surface area (Å²) in [7, 11) is -1.30. The molecule has 0 unspecified atom stereocenters. The van der Waals surface area contributed by atoms with Gasteiger partial charge in [0.25, 0.3) is 0 Å².